The molecule has 2 heterocycles. The van der Waals surface area contributed by atoms with Crippen LogP contribution in [0.1, 0.15) is 48.9 Å². The molecule has 19 heavy (non-hydrogen) atoms. The van der Waals surface area contributed by atoms with E-state index < -0.39 is 0 Å². The molecule has 0 aliphatic heterocycles. The topological polar surface area (TPSA) is 63.6 Å². The SMILES string of the molecule is CCc1nnc(NC(C)c2nc(C)cs2)nc1CC. The molecular formula is C13H19N5S. The third-order valence-corrected chi connectivity index (χ3v) is 4.01. The molecule has 2 aromatic heterocycles. The second-order valence-corrected chi connectivity index (χ2v) is 5.32. The average molecular weight is 277 g/mol. The van der Waals surface area contributed by atoms with Crippen molar-refractivity contribution in [3.63, 3.8) is 0 Å². The highest BCUT2D eigenvalue weighted by Gasteiger charge is 2.12. The lowest BCUT2D eigenvalue weighted by Crippen LogP contribution is -2.12. The summed E-state index contributed by atoms with van der Waals surface area (Å²) in [6.45, 7) is 8.20. The number of aryl methyl sites for hydroxylation is 3. The highest BCUT2D eigenvalue weighted by Crippen LogP contribution is 2.20. The lowest BCUT2D eigenvalue weighted by atomic mass is 10.2. The Hall–Kier alpha value is -1.56. The van der Waals surface area contributed by atoms with Gasteiger partial charge in [-0.2, -0.15) is 5.10 Å². The molecule has 0 aliphatic carbocycles. The van der Waals surface area contributed by atoms with Gasteiger partial charge in [-0.05, 0) is 26.7 Å². The minimum atomic E-state index is 0.0951. The zero-order chi connectivity index (χ0) is 13.8. The molecule has 1 unspecified atom stereocenters. The zero-order valence-corrected chi connectivity index (χ0v) is 12.6. The molecule has 0 radical (unpaired) electrons. The summed E-state index contributed by atoms with van der Waals surface area (Å²) in [7, 11) is 0. The van der Waals surface area contributed by atoms with E-state index in [0.717, 1.165) is 34.9 Å². The summed E-state index contributed by atoms with van der Waals surface area (Å²) >= 11 is 1.64. The standard InChI is InChI=1S/C13H19N5S/c1-5-10-11(6-2)17-18-13(16-10)15-9(4)12-14-8(3)7-19-12/h7,9H,5-6H2,1-4H3,(H,15,16,18). The Balaban J connectivity index is 2.14. The van der Waals surface area contributed by atoms with E-state index in [0.29, 0.717) is 5.95 Å². The molecule has 0 aromatic carbocycles. The van der Waals surface area contributed by atoms with Crippen LogP contribution in [0, 0.1) is 6.92 Å². The monoisotopic (exact) mass is 277 g/mol. The molecule has 6 heteroatoms. The first kappa shape index (κ1) is 13.9. The first-order valence-electron chi connectivity index (χ1n) is 6.55. The fraction of sp³-hybridized carbons (Fsp3) is 0.538. The average Bonchev–Trinajstić information content (AvgIpc) is 2.85. The molecule has 1 atom stereocenters. The summed E-state index contributed by atoms with van der Waals surface area (Å²) < 4.78 is 0. The Kier molecular flexibility index (Phi) is 4.42. The molecule has 0 fully saturated rings. The van der Waals surface area contributed by atoms with Crippen molar-refractivity contribution in [1.29, 1.82) is 0 Å². The lowest BCUT2D eigenvalue weighted by Gasteiger charge is -2.12. The van der Waals surface area contributed by atoms with Gasteiger partial charge in [0.25, 0.3) is 0 Å². The minimum absolute atomic E-state index is 0.0951. The number of thiazole rings is 1. The van der Waals surface area contributed by atoms with E-state index in [1.54, 1.807) is 11.3 Å². The fourth-order valence-corrected chi connectivity index (χ4v) is 2.63. The Labute approximate surface area is 117 Å². The van der Waals surface area contributed by atoms with Crippen LogP contribution in [0.25, 0.3) is 0 Å². The van der Waals surface area contributed by atoms with Crippen molar-refractivity contribution >= 4 is 17.3 Å². The molecule has 2 aromatic rings. The van der Waals surface area contributed by atoms with Gasteiger partial charge < -0.3 is 5.32 Å². The van der Waals surface area contributed by atoms with Crippen LogP contribution in [-0.2, 0) is 12.8 Å². The van der Waals surface area contributed by atoms with Crippen molar-refractivity contribution < 1.29 is 0 Å². The van der Waals surface area contributed by atoms with Crippen LogP contribution in [0.2, 0.25) is 0 Å². The Morgan fingerprint density at radius 1 is 1.16 bits per heavy atom. The molecule has 1 N–H and O–H groups in total. The van der Waals surface area contributed by atoms with Gasteiger partial charge in [0, 0.05) is 11.1 Å². The van der Waals surface area contributed by atoms with E-state index in [2.05, 4.69) is 46.3 Å². The smallest absolute Gasteiger partial charge is 0.243 e. The summed E-state index contributed by atoms with van der Waals surface area (Å²) in [5, 5.41) is 14.7. The van der Waals surface area contributed by atoms with E-state index >= 15 is 0 Å². The molecule has 2 rings (SSSR count). The third-order valence-electron chi connectivity index (χ3n) is 2.86. The summed E-state index contributed by atoms with van der Waals surface area (Å²) in [6, 6.07) is 0.0951. The molecule has 0 bridgehead atoms. The van der Waals surface area contributed by atoms with Gasteiger partial charge >= 0.3 is 0 Å². The maximum atomic E-state index is 4.53. The van der Waals surface area contributed by atoms with Crippen molar-refractivity contribution in [2.75, 3.05) is 5.32 Å². The Morgan fingerprint density at radius 3 is 2.47 bits per heavy atom. The number of hydrogen-bond donors (Lipinski definition) is 1. The Bertz CT molecular complexity index is 552. The van der Waals surface area contributed by atoms with Gasteiger partial charge in [0.1, 0.15) is 5.01 Å². The second kappa shape index (κ2) is 6.06. The van der Waals surface area contributed by atoms with Crippen LogP contribution in [0.15, 0.2) is 5.38 Å². The van der Waals surface area contributed by atoms with Crippen molar-refractivity contribution in [2.45, 2.75) is 46.6 Å². The molecule has 0 saturated carbocycles. The molecule has 0 spiro atoms. The van der Waals surface area contributed by atoms with Crippen LogP contribution < -0.4 is 5.32 Å². The molecule has 102 valence electrons. The molecule has 0 saturated heterocycles. The second-order valence-electron chi connectivity index (χ2n) is 4.43. The van der Waals surface area contributed by atoms with Crippen molar-refractivity contribution in [1.82, 2.24) is 20.2 Å². The van der Waals surface area contributed by atoms with Gasteiger partial charge in [-0.15, -0.1) is 16.4 Å². The number of nitrogens with zero attached hydrogens (tertiary/aromatic N) is 4. The predicted octanol–water partition coefficient (Wildman–Crippen LogP) is 2.93. The largest absolute Gasteiger partial charge is 0.344 e. The van der Waals surface area contributed by atoms with E-state index in [1.807, 2.05) is 12.3 Å². The van der Waals surface area contributed by atoms with E-state index in [9.17, 15) is 0 Å². The summed E-state index contributed by atoms with van der Waals surface area (Å²) in [5.41, 5.74) is 3.04. The van der Waals surface area contributed by atoms with Crippen LogP contribution in [0.5, 0.6) is 0 Å². The maximum absolute atomic E-state index is 4.53. The number of anilines is 1. The molecule has 0 amide bonds. The quantitative estimate of drug-likeness (QED) is 0.910. The number of hydrogen-bond acceptors (Lipinski definition) is 6. The normalized spacial score (nSPS) is 12.4. The van der Waals surface area contributed by atoms with Crippen molar-refractivity contribution in [3.8, 4) is 0 Å². The molecule has 0 aliphatic rings. The molecule has 5 nitrogen and oxygen atoms in total. The number of aromatic nitrogens is 4. The maximum Gasteiger partial charge on any atom is 0.243 e. The fourth-order valence-electron chi connectivity index (χ4n) is 1.83. The van der Waals surface area contributed by atoms with Gasteiger partial charge in [0.15, 0.2) is 0 Å². The number of rotatable bonds is 5. The van der Waals surface area contributed by atoms with Gasteiger partial charge in [-0.3, -0.25) is 0 Å². The predicted molar refractivity (Wildman–Crippen MR) is 77.5 cm³/mol. The van der Waals surface area contributed by atoms with Crippen molar-refractivity contribution in [2.24, 2.45) is 0 Å². The van der Waals surface area contributed by atoms with E-state index in [4.69, 9.17) is 0 Å². The molecular weight excluding hydrogens is 258 g/mol. The van der Waals surface area contributed by atoms with Crippen LogP contribution in [0.3, 0.4) is 0 Å². The summed E-state index contributed by atoms with van der Waals surface area (Å²) in [4.78, 5) is 8.99. The number of nitrogens with one attached hydrogen (secondary N) is 1. The Morgan fingerprint density at radius 2 is 1.89 bits per heavy atom. The lowest BCUT2D eigenvalue weighted by molar-refractivity contribution is 0.785. The summed E-state index contributed by atoms with van der Waals surface area (Å²) in [6.07, 6.45) is 1.74. The van der Waals surface area contributed by atoms with Gasteiger partial charge in [-0.1, -0.05) is 13.8 Å². The van der Waals surface area contributed by atoms with Crippen LogP contribution >= 0.6 is 11.3 Å². The highest BCUT2D eigenvalue weighted by molar-refractivity contribution is 7.09. The highest BCUT2D eigenvalue weighted by atomic mass is 32.1. The minimum Gasteiger partial charge on any atom is -0.344 e. The first-order valence-corrected chi connectivity index (χ1v) is 7.43. The van der Waals surface area contributed by atoms with Gasteiger partial charge in [-0.25, -0.2) is 9.97 Å². The first-order chi connectivity index (χ1) is 9.13. The van der Waals surface area contributed by atoms with E-state index in [1.165, 1.54) is 0 Å². The van der Waals surface area contributed by atoms with Gasteiger partial charge in [0.05, 0.1) is 17.4 Å². The van der Waals surface area contributed by atoms with Crippen LogP contribution in [-0.4, -0.2) is 20.2 Å². The van der Waals surface area contributed by atoms with Crippen LogP contribution in [0.4, 0.5) is 5.95 Å². The van der Waals surface area contributed by atoms with Gasteiger partial charge in [0.2, 0.25) is 5.95 Å². The van der Waals surface area contributed by atoms with Crippen molar-refractivity contribution in [3.05, 3.63) is 27.5 Å². The zero-order valence-electron chi connectivity index (χ0n) is 11.8. The summed E-state index contributed by atoms with van der Waals surface area (Å²) in [5.74, 6) is 0.578. The van der Waals surface area contributed by atoms with E-state index in [-0.39, 0.29) is 6.04 Å². The third kappa shape index (κ3) is 3.26.